The lowest BCUT2D eigenvalue weighted by Gasteiger charge is -2.09. The van der Waals surface area contributed by atoms with E-state index in [0.29, 0.717) is 5.75 Å². The maximum Gasteiger partial charge on any atom is 0.242 e. The summed E-state index contributed by atoms with van der Waals surface area (Å²) in [4.78, 5) is 11.6. The Morgan fingerprint density at radius 3 is 2.38 bits per heavy atom. The average molecular weight is 455 g/mol. The Labute approximate surface area is 171 Å². The number of thioether (sulfide) groups is 1. The van der Waals surface area contributed by atoms with Gasteiger partial charge in [0.1, 0.15) is 10.6 Å². The van der Waals surface area contributed by atoms with Gasteiger partial charge in [0.2, 0.25) is 15.1 Å². The lowest BCUT2D eigenvalue weighted by molar-refractivity contribution is -0.112. The number of para-hydroxylation sites is 1. The van der Waals surface area contributed by atoms with Crippen molar-refractivity contribution >= 4 is 61.7 Å². The van der Waals surface area contributed by atoms with E-state index < -0.39 is 10.0 Å². The van der Waals surface area contributed by atoms with Gasteiger partial charge in [-0.1, -0.05) is 64.8 Å². The van der Waals surface area contributed by atoms with Crippen LogP contribution in [-0.2, 0) is 14.8 Å². The van der Waals surface area contributed by atoms with Crippen molar-refractivity contribution in [2.24, 2.45) is 0 Å². The number of carbonyl (C=O) groups is 1. The van der Waals surface area contributed by atoms with E-state index in [2.05, 4.69) is 4.72 Å². The van der Waals surface area contributed by atoms with E-state index in [0.717, 1.165) is 11.8 Å². The number of carbonyl (C=O) groups excluding carboxylic acids is 1. The topological polar surface area (TPSA) is 72.5 Å². The summed E-state index contributed by atoms with van der Waals surface area (Å²) in [6.45, 7) is -0.0549. The lowest BCUT2D eigenvalue weighted by atomic mass is 10.3. The van der Waals surface area contributed by atoms with Gasteiger partial charge in [0.15, 0.2) is 6.61 Å². The van der Waals surface area contributed by atoms with Crippen LogP contribution < -0.4 is 9.46 Å². The second-order valence-electron chi connectivity index (χ2n) is 4.92. The highest BCUT2D eigenvalue weighted by molar-refractivity contribution is 8.13. The summed E-state index contributed by atoms with van der Waals surface area (Å²) in [7, 11) is -3.86. The summed E-state index contributed by atoms with van der Waals surface area (Å²) in [5.41, 5.74) is 0. The van der Waals surface area contributed by atoms with Gasteiger partial charge in [-0.25, -0.2) is 13.1 Å². The first-order valence-corrected chi connectivity index (χ1v) is 10.9. The standard InChI is InChI=1S/C16H14Cl3NO4S2/c17-12-8-14(19)15(9-13(12)18)26(22,23)20-6-7-25-16(21)10-24-11-4-2-1-3-5-11/h1-5,8-9,20H,6-7,10H2. The van der Waals surface area contributed by atoms with Gasteiger partial charge in [0.05, 0.1) is 15.1 Å². The van der Waals surface area contributed by atoms with Crippen molar-refractivity contribution in [2.75, 3.05) is 18.9 Å². The summed E-state index contributed by atoms with van der Waals surface area (Å²) in [6, 6.07) is 11.4. The number of rotatable bonds is 8. The highest BCUT2D eigenvalue weighted by atomic mass is 35.5. The smallest absolute Gasteiger partial charge is 0.242 e. The molecule has 10 heteroatoms. The van der Waals surface area contributed by atoms with Gasteiger partial charge in [-0.05, 0) is 24.3 Å². The largest absolute Gasteiger partial charge is 0.485 e. The molecule has 2 aromatic rings. The van der Waals surface area contributed by atoms with E-state index in [-0.39, 0.29) is 44.0 Å². The summed E-state index contributed by atoms with van der Waals surface area (Å²) >= 11 is 18.5. The van der Waals surface area contributed by atoms with Gasteiger partial charge in [-0.2, -0.15) is 0 Å². The zero-order valence-corrected chi connectivity index (χ0v) is 17.1. The summed E-state index contributed by atoms with van der Waals surface area (Å²) in [6.07, 6.45) is 0. The molecule has 1 N–H and O–H groups in total. The Balaban J connectivity index is 1.80. The van der Waals surface area contributed by atoms with Gasteiger partial charge in [0.25, 0.3) is 0 Å². The maximum atomic E-state index is 12.3. The van der Waals surface area contributed by atoms with Crippen molar-refractivity contribution in [2.45, 2.75) is 4.90 Å². The molecule has 0 aliphatic heterocycles. The molecule has 140 valence electrons. The van der Waals surface area contributed by atoms with Crippen molar-refractivity contribution in [3.63, 3.8) is 0 Å². The van der Waals surface area contributed by atoms with Crippen LogP contribution in [0.2, 0.25) is 15.1 Å². The Kier molecular flexibility index (Phi) is 8.06. The SMILES string of the molecule is O=C(COc1ccccc1)SCCNS(=O)(=O)c1cc(Cl)c(Cl)cc1Cl. The van der Waals surface area contributed by atoms with Crippen LogP contribution in [0.5, 0.6) is 5.75 Å². The molecule has 26 heavy (non-hydrogen) atoms. The molecule has 0 unspecified atom stereocenters. The van der Waals surface area contributed by atoms with Gasteiger partial charge in [-0.15, -0.1) is 0 Å². The molecule has 0 spiro atoms. The molecule has 2 aromatic carbocycles. The number of sulfonamides is 1. The summed E-state index contributed by atoms with van der Waals surface area (Å²) < 4.78 is 32.2. The average Bonchev–Trinajstić information content (AvgIpc) is 2.61. The predicted octanol–water partition coefficient (Wildman–Crippen LogP) is 4.26. The Morgan fingerprint density at radius 1 is 1.04 bits per heavy atom. The molecule has 0 bridgehead atoms. The molecule has 0 radical (unpaired) electrons. The second kappa shape index (κ2) is 9.82. The summed E-state index contributed by atoms with van der Waals surface area (Å²) in [5.74, 6) is 0.839. The van der Waals surface area contributed by atoms with Crippen molar-refractivity contribution in [3.8, 4) is 5.75 Å². The zero-order chi connectivity index (χ0) is 19.2. The Bertz CT molecular complexity index is 877. The first-order valence-electron chi connectivity index (χ1n) is 7.27. The van der Waals surface area contributed by atoms with E-state index >= 15 is 0 Å². The first kappa shape index (κ1) is 21.3. The molecule has 0 aromatic heterocycles. The summed E-state index contributed by atoms with van der Waals surface area (Å²) in [5, 5.41) is 0.00162. The van der Waals surface area contributed by atoms with E-state index in [4.69, 9.17) is 39.5 Å². The fourth-order valence-electron chi connectivity index (χ4n) is 1.83. The molecule has 0 heterocycles. The normalized spacial score (nSPS) is 11.3. The zero-order valence-electron chi connectivity index (χ0n) is 13.2. The molecule has 0 saturated heterocycles. The second-order valence-corrected chi connectivity index (χ2v) is 9.03. The minimum Gasteiger partial charge on any atom is -0.485 e. The van der Waals surface area contributed by atoms with Crippen LogP contribution in [0.4, 0.5) is 0 Å². The van der Waals surface area contributed by atoms with Gasteiger partial charge in [0, 0.05) is 12.3 Å². The van der Waals surface area contributed by atoms with Crippen LogP contribution in [0.3, 0.4) is 0 Å². The van der Waals surface area contributed by atoms with Crippen molar-refractivity contribution in [3.05, 3.63) is 57.5 Å². The number of benzene rings is 2. The Morgan fingerprint density at radius 2 is 1.69 bits per heavy atom. The third-order valence-corrected chi connectivity index (χ3v) is 6.52. The number of nitrogens with one attached hydrogen (secondary N) is 1. The molecule has 0 fully saturated rings. The minimum absolute atomic E-state index is 0.0353. The van der Waals surface area contributed by atoms with Crippen LogP contribution in [0.15, 0.2) is 47.4 Å². The molecule has 0 amide bonds. The number of halogens is 3. The molecule has 0 aliphatic rings. The van der Waals surface area contributed by atoms with Crippen LogP contribution in [0.25, 0.3) is 0 Å². The van der Waals surface area contributed by atoms with E-state index in [9.17, 15) is 13.2 Å². The van der Waals surface area contributed by atoms with Gasteiger partial charge in [-0.3, -0.25) is 4.79 Å². The molecule has 0 saturated carbocycles. The highest BCUT2D eigenvalue weighted by Gasteiger charge is 2.19. The van der Waals surface area contributed by atoms with E-state index in [1.807, 2.05) is 6.07 Å². The number of hydrogen-bond acceptors (Lipinski definition) is 5. The van der Waals surface area contributed by atoms with Crippen molar-refractivity contribution in [1.82, 2.24) is 4.72 Å². The fraction of sp³-hybridized carbons (Fsp3) is 0.188. The molecule has 2 rings (SSSR count). The molecular weight excluding hydrogens is 441 g/mol. The molecule has 0 atom stereocenters. The van der Waals surface area contributed by atoms with Crippen molar-refractivity contribution < 1.29 is 17.9 Å². The molecular formula is C16H14Cl3NO4S2. The molecule has 0 aliphatic carbocycles. The number of ether oxygens (including phenoxy) is 1. The third kappa shape index (κ3) is 6.33. The van der Waals surface area contributed by atoms with Crippen LogP contribution in [0.1, 0.15) is 0 Å². The van der Waals surface area contributed by atoms with Crippen LogP contribution in [0, 0.1) is 0 Å². The Hall–Kier alpha value is -0.960. The van der Waals surface area contributed by atoms with Crippen LogP contribution >= 0.6 is 46.6 Å². The maximum absolute atomic E-state index is 12.3. The molecule has 5 nitrogen and oxygen atoms in total. The lowest BCUT2D eigenvalue weighted by Crippen LogP contribution is -2.27. The third-order valence-electron chi connectivity index (χ3n) is 3.02. The first-order chi connectivity index (χ1) is 12.3. The van der Waals surface area contributed by atoms with Crippen molar-refractivity contribution in [1.29, 1.82) is 0 Å². The highest BCUT2D eigenvalue weighted by Crippen LogP contribution is 2.31. The van der Waals surface area contributed by atoms with Gasteiger partial charge >= 0.3 is 0 Å². The fourth-order valence-corrected chi connectivity index (χ4v) is 4.56. The quantitative estimate of drug-likeness (QED) is 0.476. The number of hydrogen-bond donors (Lipinski definition) is 1. The van der Waals surface area contributed by atoms with Crippen LogP contribution in [-0.4, -0.2) is 32.4 Å². The predicted molar refractivity (Wildman–Crippen MR) is 106 cm³/mol. The van der Waals surface area contributed by atoms with E-state index in [1.54, 1.807) is 24.3 Å². The minimum atomic E-state index is -3.86. The van der Waals surface area contributed by atoms with E-state index in [1.165, 1.54) is 12.1 Å². The monoisotopic (exact) mass is 453 g/mol. The van der Waals surface area contributed by atoms with Gasteiger partial charge < -0.3 is 4.74 Å².